The zero-order chi connectivity index (χ0) is 23.8. The smallest absolute Gasteiger partial charge is 0.291 e. The molecule has 0 saturated carbocycles. The molecule has 3 aromatic carbocycles. The monoisotopic (exact) mass is 455 g/mol. The van der Waals surface area contributed by atoms with E-state index in [1.165, 1.54) is 12.1 Å². The normalized spacial score (nSPS) is 14.9. The van der Waals surface area contributed by atoms with E-state index < -0.39 is 17.3 Å². The Morgan fingerprint density at radius 1 is 1.06 bits per heavy atom. The molecule has 0 radical (unpaired) electrons. The van der Waals surface area contributed by atoms with Crippen LogP contribution in [0.3, 0.4) is 0 Å². The van der Waals surface area contributed by atoms with Crippen LogP contribution in [-0.2, 0) is 6.54 Å². The molecule has 1 amide bonds. The largest absolute Gasteiger partial charge is 0.490 e. The molecule has 0 N–H and O–H groups in total. The Labute approximate surface area is 195 Å². The number of carbonyl (C=O) groups is 1. The molecule has 1 aromatic heterocycles. The molecule has 34 heavy (non-hydrogen) atoms. The standard InChI is InChI=1S/C28H22FNO4/c1-3-14-33-21-11-8-19(9-12-21)25-24-26(31)22-15-20(29)10-13-23(22)34-27(24)28(32)30(25)16-18-6-4-17(2)5-7-18/h3-13,15,25H,1,14,16H2,2H3. The lowest BCUT2D eigenvalue weighted by Crippen LogP contribution is -2.29. The van der Waals surface area contributed by atoms with Gasteiger partial charge in [0.25, 0.3) is 5.91 Å². The Bertz CT molecular complexity index is 1460. The van der Waals surface area contributed by atoms with E-state index in [0.717, 1.165) is 22.8 Å². The van der Waals surface area contributed by atoms with Crippen LogP contribution in [0.5, 0.6) is 5.75 Å². The molecular formula is C28H22FNO4. The lowest BCUT2D eigenvalue weighted by molar-refractivity contribution is 0.0714. The molecule has 1 aliphatic heterocycles. The number of carbonyl (C=O) groups excluding carboxylic acids is 1. The second kappa shape index (κ2) is 8.63. The molecule has 0 saturated heterocycles. The molecule has 0 bridgehead atoms. The van der Waals surface area contributed by atoms with Crippen LogP contribution in [0, 0.1) is 12.7 Å². The number of aryl methyl sites for hydroxylation is 1. The number of amides is 1. The predicted molar refractivity (Wildman–Crippen MR) is 127 cm³/mol. The molecular weight excluding hydrogens is 433 g/mol. The molecule has 5 nitrogen and oxygen atoms in total. The molecule has 2 heterocycles. The van der Waals surface area contributed by atoms with Crippen molar-refractivity contribution >= 4 is 16.9 Å². The van der Waals surface area contributed by atoms with Gasteiger partial charge in [0.15, 0.2) is 5.43 Å². The molecule has 0 fully saturated rings. The van der Waals surface area contributed by atoms with Gasteiger partial charge in [0, 0.05) is 6.54 Å². The minimum absolute atomic E-state index is 0.00629. The Morgan fingerprint density at radius 3 is 2.50 bits per heavy atom. The van der Waals surface area contributed by atoms with Crippen molar-refractivity contribution in [2.24, 2.45) is 0 Å². The van der Waals surface area contributed by atoms with Gasteiger partial charge in [-0.2, -0.15) is 0 Å². The fourth-order valence-corrected chi connectivity index (χ4v) is 4.29. The van der Waals surface area contributed by atoms with Gasteiger partial charge in [0.1, 0.15) is 23.8 Å². The van der Waals surface area contributed by atoms with E-state index in [9.17, 15) is 14.0 Å². The van der Waals surface area contributed by atoms with Crippen molar-refractivity contribution in [1.82, 2.24) is 4.90 Å². The van der Waals surface area contributed by atoms with E-state index in [2.05, 4.69) is 6.58 Å². The number of ether oxygens (including phenoxy) is 1. The van der Waals surface area contributed by atoms with Gasteiger partial charge in [0.2, 0.25) is 5.76 Å². The summed E-state index contributed by atoms with van der Waals surface area (Å²) in [5.74, 6) is -0.282. The van der Waals surface area contributed by atoms with Gasteiger partial charge >= 0.3 is 0 Å². The summed E-state index contributed by atoms with van der Waals surface area (Å²) in [7, 11) is 0. The SMILES string of the molecule is C=CCOc1ccc(C2c3c(oc4ccc(F)cc4c3=O)C(=O)N2Cc2ccc(C)cc2)cc1. The van der Waals surface area contributed by atoms with Gasteiger partial charge in [-0.1, -0.05) is 54.6 Å². The number of hydrogen-bond acceptors (Lipinski definition) is 4. The number of nitrogens with zero attached hydrogens (tertiary/aromatic N) is 1. The van der Waals surface area contributed by atoms with Crippen molar-refractivity contribution in [3.63, 3.8) is 0 Å². The molecule has 6 heteroatoms. The van der Waals surface area contributed by atoms with Crippen LogP contribution >= 0.6 is 0 Å². The first-order chi connectivity index (χ1) is 16.5. The average molecular weight is 455 g/mol. The predicted octanol–water partition coefficient (Wildman–Crippen LogP) is 5.55. The van der Waals surface area contributed by atoms with Gasteiger partial charge in [-0.05, 0) is 48.4 Å². The van der Waals surface area contributed by atoms with Gasteiger partial charge in [-0.25, -0.2) is 4.39 Å². The quantitative estimate of drug-likeness (QED) is 0.358. The second-order valence-electron chi connectivity index (χ2n) is 8.30. The summed E-state index contributed by atoms with van der Waals surface area (Å²) < 4.78 is 25.4. The first kappa shape index (κ1) is 21.6. The minimum Gasteiger partial charge on any atom is -0.490 e. The number of halogens is 1. The van der Waals surface area contributed by atoms with E-state index in [1.54, 1.807) is 23.1 Å². The van der Waals surface area contributed by atoms with Crippen molar-refractivity contribution in [1.29, 1.82) is 0 Å². The van der Waals surface area contributed by atoms with Crippen LogP contribution in [0.25, 0.3) is 11.0 Å². The third kappa shape index (κ3) is 3.77. The van der Waals surface area contributed by atoms with Crippen LogP contribution in [0.1, 0.15) is 38.9 Å². The Kier molecular flexibility index (Phi) is 5.49. The first-order valence-corrected chi connectivity index (χ1v) is 10.9. The zero-order valence-corrected chi connectivity index (χ0v) is 18.6. The molecule has 170 valence electrons. The van der Waals surface area contributed by atoms with Crippen LogP contribution in [0.15, 0.2) is 88.6 Å². The van der Waals surface area contributed by atoms with Gasteiger partial charge in [-0.15, -0.1) is 0 Å². The van der Waals surface area contributed by atoms with Gasteiger partial charge in [0.05, 0.1) is 17.0 Å². The third-order valence-corrected chi connectivity index (χ3v) is 5.96. The lowest BCUT2D eigenvalue weighted by atomic mass is 9.98. The van der Waals surface area contributed by atoms with Crippen molar-refractivity contribution in [3.05, 3.63) is 123 Å². The highest BCUT2D eigenvalue weighted by atomic mass is 19.1. The third-order valence-electron chi connectivity index (χ3n) is 5.96. The van der Waals surface area contributed by atoms with Crippen LogP contribution in [0.2, 0.25) is 0 Å². The van der Waals surface area contributed by atoms with Crippen LogP contribution in [0.4, 0.5) is 4.39 Å². The minimum atomic E-state index is -0.679. The molecule has 0 spiro atoms. The summed E-state index contributed by atoms with van der Waals surface area (Å²) in [6.45, 7) is 6.29. The van der Waals surface area contributed by atoms with E-state index in [0.29, 0.717) is 12.4 Å². The maximum Gasteiger partial charge on any atom is 0.291 e. The Morgan fingerprint density at radius 2 is 1.79 bits per heavy atom. The summed E-state index contributed by atoms with van der Waals surface area (Å²) in [4.78, 5) is 28.6. The summed E-state index contributed by atoms with van der Waals surface area (Å²) in [6.07, 6.45) is 1.65. The summed E-state index contributed by atoms with van der Waals surface area (Å²) >= 11 is 0. The summed E-state index contributed by atoms with van der Waals surface area (Å²) in [5, 5.41) is 0.111. The highest BCUT2D eigenvalue weighted by Crippen LogP contribution is 2.39. The molecule has 0 aliphatic carbocycles. The first-order valence-electron chi connectivity index (χ1n) is 10.9. The average Bonchev–Trinajstić information content (AvgIpc) is 3.11. The maximum atomic E-state index is 13.9. The highest BCUT2D eigenvalue weighted by Gasteiger charge is 2.42. The lowest BCUT2D eigenvalue weighted by Gasteiger charge is -2.25. The van der Waals surface area contributed by atoms with Gasteiger partial charge in [-0.3, -0.25) is 9.59 Å². The molecule has 1 aliphatic rings. The summed E-state index contributed by atoms with van der Waals surface area (Å²) in [5.41, 5.74) is 2.75. The molecule has 5 rings (SSSR count). The van der Waals surface area contributed by atoms with Crippen LogP contribution < -0.4 is 10.2 Å². The fourth-order valence-electron chi connectivity index (χ4n) is 4.29. The van der Waals surface area contributed by atoms with E-state index in [1.807, 2.05) is 43.3 Å². The molecule has 1 atom stereocenters. The number of rotatable bonds is 6. The zero-order valence-electron chi connectivity index (χ0n) is 18.6. The van der Waals surface area contributed by atoms with E-state index in [4.69, 9.17) is 9.15 Å². The van der Waals surface area contributed by atoms with E-state index >= 15 is 0 Å². The number of benzene rings is 3. The van der Waals surface area contributed by atoms with Crippen molar-refractivity contribution < 1.29 is 18.3 Å². The fraction of sp³-hybridized carbons (Fsp3) is 0.143. The molecule has 1 unspecified atom stereocenters. The van der Waals surface area contributed by atoms with Crippen LogP contribution in [-0.4, -0.2) is 17.4 Å². The van der Waals surface area contributed by atoms with Crippen molar-refractivity contribution in [2.75, 3.05) is 6.61 Å². The number of hydrogen-bond donors (Lipinski definition) is 0. The van der Waals surface area contributed by atoms with Crippen molar-refractivity contribution in [3.8, 4) is 5.75 Å². The maximum absolute atomic E-state index is 13.9. The number of fused-ring (bicyclic) bond motifs is 2. The Balaban J connectivity index is 1.65. The van der Waals surface area contributed by atoms with Gasteiger partial charge < -0.3 is 14.1 Å². The topological polar surface area (TPSA) is 59.8 Å². The van der Waals surface area contributed by atoms with E-state index in [-0.39, 0.29) is 34.7 Å². The van der Waals surface area contributed by atoms with Crippen molar-refractivity contribution in [2.45, 2.75) is 19.5 Å². The second-order valence-corrected chi connectivity index (χ2v) is 8.30. The highest BCUT2D eigenvalue weighted by molar-refractivity contribution is 5.99. The summed E-state index contributed by atoms with van der Waals surface area (Å²) in [6, 6.07) is 18.1. The molecule has 4 aromatic rings. The Hall–Kier alpha value is -4.19.